The summed E-state index contributed by atoms with van der Waals surface area (Å²) in [6, 6.07) is 7.74. The number of rotatable bonds is 4. The molecule has 0 amide bonds. The maximum atomic E-state index is 12.6. The molecule has 28 heavy (non-hydrogen) atoms. The molecule has 0 spiro atoms. The first kappa shape index (κ1) is 20.2. The van der Waals surface area contributed by atoms with Crippen LogP contribution < -0.4 is 0 Å². The van der Waals surface area contributed by atoms with Crippen LogP contribution in [-0.2, 0) is 16.0 Å². The molecule has 0 radical (unpaired) electrons. The Labute approximate surface area is 166 Å². The molecular weight excluding hydrogens is 354 g/mol. The van der Waals surface area contributed by atoms with Crippen molar-refractivity contribution >= 4 is 11.9 Å². The van der Waals surface area contributed by atoms with Crippen molar-refractivity contribution in [2.75, 3.05) is 0 Å². The van der Waals surface area contributed by atoms with Gasteiger partial charge in [-0.15, -0.1) is 5.10 Å². The van der Waals surface area contributed by atoms with Gasteiger partial charge in [-0.05, 0) is 37.5 Å². The summed E-state index contributed by atoms with van der Waals surface area (Å²) in [4.78, 5) is 29.0. The number of aryl methyl sites for hydroxylation is 1. The second-order valence-corrected chi connectivity index (χ2v) is 8.31. The fourth-order valence-electron chi connectivity index (χ4n) is 4.29. The summed E-state index contributed by atoms with van der Waals surface area (Å²) in [5.74, 6) is 1.43. The van der Waals surface area contributed by atoms with Gasteiger partial charge in [0.05, 0.1) is 0 Å². The fourth-order valence-corrected chi connectivity index (χ4v) is 4.29. The van der Waals surface area contributed by atoms with Crippen LogP contribution in [0, 0.1) is 24.7 Å². The highest BCUT2D eigenvalue weighted by Crippen LogP contribution is 2.35. The first-order valence-corrected chi connectivity index (χ1v) is 9.98. The Morgan fingerprint density at radius 1 is 1.11 bits per heavy atom. The number of carbonyl (C=O) groups is 2. The lowest BCUT2D eigenvalue weighted by Crippen LogP contribution is -2.38. The van der Waals surface area contributed by atoms with E-state index in [9.17, 15) is 9.59 Å². The molecule has 3 rings (SSSR count). The number of aromatic nitrogens is 3. The second-order valence-electron chi connectivity index (χ2n) is 8.31. The molecule has 2 aromatic rings. The van der Waals surface area contributed by atoms with E-state index in [1.807, 2.05) is 31.2 Å². The van der Waals surface area contributed by atoms with Crippen LogP contribution >= 0.6 is 0 Å². The molecule has 1 aromatic heterocycles. The van der Waals surface area contributed by atoms with Crippen LogP contribution in [0.15, 0.2) is 24.3 Å². The Hall–Kier alpha value is -2.50. The number of hydrogen-bond acceptors (Lipinski definition) is 5. The number of carbonyl (C=O) groups excluding carboxylic acids is 2. The molecule has 1 heterocycles. The van der Waals surface area contributed by atoms with Gasteiger partial charge in [0.1, 0.15) is 18.3 Å². The minimum atomic E-state index is -0.358. The highest BCUT2D eigenvalue weighted by Gasteiger charge is 2.34. The summed E-state index contributed by atoms with van der Waals surface area (Å²) >= 11 is 0. The second kappa shape index (κ2) is 8.25. The molecule has 6 heteroatoms. The molecule has 6 nitrogen and oxygen atoms in total. The number of hydrogen-bond donors (Lipinski definition) is 0. The van der Waals surface area contributed by atoms with E-state index in [2.05, 4.69) is 30.9 Å². The van der Waals surface area contributed by atoms with Gasteiger partial charge in [0.15, 0.2) is 5.82 Å². The Balaban J connectivity index is 1.76. The lowest BCUT2D eigenvalue weighted by Gasteiger charge is -2.37. The van der Waals surface area contributed by atoms with Gasteiger partial charge in [-0.25, -0.2) is 4.98 Å². The molecule has 150 valence electrons. The average molecular weight is 383 g/mol. The van der Waals surface area contributed by atoms with Crippen molar-refractivity contribution in [2.45, 2.75) is 60.0 Å². The van der Waals surface area contributed by atoms with E-state index in [0.29, 0.717) is 29.4 Å². The largest absolute Gasteiger partial charge is 0.461 e. The minimum Gasteiger partial charge on any atom is -0.461 e. The maximum Gasteiger partial charge on any atom is 0.313 e. The van der Waals surface area contributed by atoms with Crippen molar-refractivity contribution in [2.24, 2.45) is 17.8 Å². The van der Waals surface area contributed by atoms with Gasteiger partial charge in [0.2, 0.25) is 5.91 Å². The van der Waals surface area contributed by atoms with Crippen molar-refractivity contribution in [3.63, 3.8) is 0 Å². The molecule has 1 aliphatic rings. The van der Waals surface area contributed by atoms with Crippen LogP contribution in [0.4, 0.5) is 0 Å². The van der Waals surface area contributed by atoms with Crippen LogP contribution in [0.5, 0.6) is 0 Å². The third kappa shape index (κ3) is 4.49. The highest BCUT2D eigenvalue weighted by molar-refractivity contribution is 5.79. The SMILES string of the molecule is CC(=O)n1nc(-c2ccc(C)cc2)nc1CC(=O)OC1C(C)CC(C)CC1C. The predicted molar refractivity (Wildman–Crippen MR) is 107 cm³/mol. The van der Waals surface area contributed by atoms with E-state index in [4.69, 9.17) is 4.74 Å². The average Bonchev–Trinajstić information content (AvgIpc) is 3.02. The quantitative estimate of drug-likeness (QED) is 0.744. The van der Waals surface area contributed by atoms with E-state index in [0.717, 1.165) is 24.0 Å². The molecule has 0 bridgehead atoms. The number of esters is 1. The number of nitrogens with zero attached hydrogens (tertiary/aromatic N) is 3. The van der Waals surface area contributed by atoms with Gasteiger partial charge in [-0.2, -0.15) is 4.68 Å². The fraction of sp³-hybridized carbons (Fsp3) is 0.545. The molecular formula is C22H29N3O3. The zero-order valence-electron chi connectivity index (χ0n) is 17.3. The van der Waals surface area contributed by atoms with Gasteiger partial charge in [-0.1, -0.05) is 50.6 Å². The maximum absolute atomic E-state index is 12.6. The van der Waals surface area contributed by atoms with Gasteiger partial charge < -0.3 is 4.74 Å². The highest BCUT2D eigenvalue weighted by atomic mass is 16.5. The van der Waals surface area contributed by atoms with E-state index in [-0.39, 0.29) is 24.4 Å². The normalized spacial score (nSPS) is 24.8. The molecule has 2 atom stereocenters. The molecule has 0 N–H and O–H groups in total. The van der Waals surface area contributed by atoms with Crippen LogP contribution in [0.25, 0.3) is 11.4 Å². The van der Waals surface area contributed by atoms with E-state index in [1.165, 1.54) is 11.6 Å². The molecule has 2 unspecified atom stereocenters. The standard InChI is InChI=1S/C22H29N3O3/c1-13-6-8-18(9-7-13)22-23-19(25(24-22)17(5)26)12-20(27)28-21-15(3)10-14(2)11-16(21)4/h6-9,14-16,21H,10-12H2,1-5H3. The summed E-state index contributed by atoms with van der Waals surface area (Å²) < 4.78 is 7.00. The number of ether oxygens (including phenoxy) is 1. The Morgan fingerprint density at radius 3 is 2.29 bits per heavy atom. The van der Waals surface area contributed by atoms with Gasteiger partial charge in [-0.3, -0.25) is 9.59 Å². The number of benzene rings is 1. The monoisotopic (exact) mass is 383 g/mol. The van der Waals surface area contributed by atoms with E-state index >= 15 is 0 Å². The first-order valence-electron chi connectivity index (χ1n) is 9.98. The smallest absolute Gasteiger partial charge is 0.313 e. The topological polar surface area (TPSA) is 74.1 Å². The zero-order chi connectivity index (χ0) is 20.4. The van der Waals surface area contributed by atoms with E-state index in [1.54, 1.807) is 0 Å². The third-order valence-corrected chi connectivity index (χ3v) is 5.52. The van der Waals surface area contributed by atoms with Crippen molar-refractivity contribution < 1.29 is 14.3 Å². The molecule has 0 saturated heterocycles. The molecule has 0 aliphatic heterocycles. The van der Waals surface area contributed by atoms with Crippen molar-refractivity contribution in [3.05, 3.63) is 35.7 Å². The Bertz CT molecular complexity index is 844. The third-order valence-electron chi connectivity index (χ3n) is 5.52. The summed E-state index contributed by atoms with van der Waals surface area (Å²) in [6.45, 7) is 9.93. The molecule has 1 aromatic carbocycles. The minimum absolute atomic E-state index is 0.0655. The predicted octanol–water partition coefficient (Wildman–Crippen LogP) is 4.07. The van der Waals surface area contributed by atoms with Crippen LogP contribution in [0.3, 0.4) is 0 Å². The zero-order valence-corrected chi connectivity index (χ0v) is 17.3. The first-order chi connectivity index (χ1) is 13.2. The summed E-state index contributed by atoms with van der Waals surface area (Å²) in [6.07, 6.45) is 1.96. The Kier molecular flexibility index (Phi) is 5.96. The van der Waals surface area contributed by atoms with Crippen LogP contribution in [0.2, 0.25) is 0 Å². The van der Waals surface area contributed by atoms with Crippen molar-refractivity contribution in [1.82, 2.24) is 14.8 Å². The lowest BCUT2D eigenvalue weighted by atomic mass is 9.75. The molecule has 1 saturated carbocycles. The summed E-state index contributed by atoms with van der Waals surface area (Å²) in [7, 11) is 0. The molecule has 1 fully saturated rings. The molecule has 1 aliphatic carbocycles. The lowest BCUT2D eigenvalue weighted by molar-refractivity contribution is -0.157. The van der Waals surface area contributed by atoms with Crippen LogP contribution in [-0.4, -0.2) is 32.7 Å². The van der Waals surface area contributed by atoms with Crippen LogP contribution in [0.1, 0.15) is 56.7 Å². The Morgan fingerprint density at radius 2 is 1.71 bits per heavy atom. The van der Waals surface area contributed by atoms with Gasteiger partial charge in [0, 0.05) is 12.5 Å². The van der Waals surface area contributed by atoms with Gasteiger partial charge >= 0.3 is 5.97 Å². The summed E-state index contributed by atoms with van der Waals surface area (Å²) in [5.41, 5.74) is 1.94. The summed E-state index contributed by atoms with van der Waals surface area (Å²) in [5, 5.41) is 4.30. The van der Waals surface area contributed by atoms with E-state index < -0.39 is 0 Å². The van der Waals surface area contributed by atoms with Crippen molar-refractivity contribution in [1.29, 1.82) is 0 Å². The van der Waals surface area contributed by atoms with Gasteiger partial charge in [0.25, 0.3) is 0 Å². The van der Waals surface area contributed by atoms with Crippen molar-refractivity contribution in [3.8, 4) is 11.4 Å².